The number of hydrogen-bond donors (Lipinski definition) is 1. The molecule has 0 aliphatic carbocycles. The summed E-state index contributed by atoms with van der Waals surface area (Å²) in [6.45, 7) is 4.80. The van der Waals surface area contributed by atoms with Gasteiger partial charge in [0, 0.05) is 68.5 Å². The van der Waals surface area contributed by atoms with Crippen molar-refractivity contribution in [2.24, 2.45) is 0 Å². The van der Waals surface area contributed by atoms with Gasteiger partial charge in [-0.25, -0.2) is 4.98 Å². The van der Waals surface area contributed by atoms with Crippen molar-refractivity contribution in [3.05, 3.63) is 48.2 Å². The van der Waals surface area contributed by atoms with E-state index in [4.69, 9.17) is 0 Å². The minimum atomic E-state index is -4.40. The average Bonchev–Trinajstić information content (AvgIpc) is 2.89. The molecule has 13 heteroatoms. The predicted molar refractivity (Wildman–Crippen MR) is 139 cm³/mol. The summed E-state index contributed by atoms with van der Waals surface area (Å²) in [4.78, 5) is 23.0. The molecule has 2 aromatic rings. The van der Waals surface area contributed by atoms with Crippen molar-refractivity contribution in [3.63, 3.8) is 0 Å². The minimum absolute atomic E-state index is 0.0377. The third kappa shape index (κ3) is 8.92. The molecule has 0 unspecified atom stereocenters. The lowest BCUT2D eigenvalue weighted by Crippen LogP contribution is -2.47. The average molecular weight is 576 g/mol. The highest BCUT2D eigenvalue weighted by atomic mass is 32.2. The molecule has 0 bridgehead atoms. The van der Waals surface area contributed by atoms with Gasteiger partial charge in [0.05, 0.1) is 5.56 Å². The molecule has 2 saturated heterocycles. The van der Waals surface area contributed by atoms with Crippen LogP contribution in [0.5, 0.6) is 0 Å². The lowest BCUT2D eigenvalue weighted by atomic mass is 10.0. The summed E-state index contributed by atoms with van der Waals surface area (Å²) in [7, 11) is 0. The zero-order chi connectivity index (χ0) is 28.0. The molecule has 214 valence electrons. The third-order valence-corrected chi connectivity index (χ3v) is 7.61. The van der Waals surface area contributed by atoms with Gasteiger partial charge < -0.3 is 15.1 Å². The molecule has 1 amide bonds. The lowest BCUT2D eigenvalue weighted by molar-refractivity contribution is -0.137. The number of piperazine rings is 1. The second kappa shape index (κ2) is 12.7. The molecule has 2 fully saturated rings. The Morgan fingerprint density at radius 1 is 0.974 bits per heavy atom. The van der Waals surface area contributed by atoms with Crippen molar-refractivity contribution in [1.29, 1.82) is 0 Å². The fourth-order valence-corrected chi connectivity index (χ4v) is 5.40. The van der Waals surface area contributed by atoms with Crippen LogP contribution in [0.2, 0.25) is 0 Å². The monoisotopic (exact) mass is 575 g/mol. The number of piperidine rings is 1. The van der Waals surface area contributed by atoms with Gasteiger partial charge in [-0.3, -0.25) is 9.69 Å². The highest BCUT2D eigenvalue weighted by Crippen LogP contribution is 2.37. The first kappa shape index (κ1) is 29.3. The highest BCUT2D eigenvalue weighted by Gasteiger charge is 2.31. The van der Waals surface area contributed by atoms with Crippen molar-refractivity contribution in [2.75, 3.05) is 56.0 Å². The van der Waals surface area contributed by atoms with Crippen LogP contribution in [0.3, 0.4) is 0 Å². The molecule has 0 spiro atoms. The van der Waals surface area contributed by atoms with Crippen LogP contribution in [0.25, 0.3) is 0 Å². The number of likely N-dealkylation sites (tertiary alicyclic amines) is 1. The molecule has 1 N–H and O–H groups in total. The molecule has 4 rings (SSSR count). The molecule has 39 heavy (non-hydrogen) atoms. The summed E-state index contributed by atoms with van der Waals surface area (Å²) in [5.74, 6) is 0.619. The van der Waals surface area contributed by atoms with Gasteiger partial charge in [0.2, 0.25) is 5.91 Å². The molecular weight excluding hydrogens is 544 g/mol. The number of nitrogens with zero attached hydrogens (tertiary/aromatic N) is 4. The van der Waals surface area contributed by atoms with E-state index in [2.05, 4.69) is 15.2 Å². The first-order chi connectivity index (χ1) is 18.5. The molecule has 2 aliphatic rings. The number of benzene rings is 1. The Morgan fingerprint density at radius 2 is 1.69 bits per heavy atom. The summed E-state index contributed by atoms with van der Waals surface area (Å²) in [6, 6.07) is 8.62. The van der Waals surface area contributed by atoms with Crippen LogP contribution in [0.4, 0.5) is 37.8 Å². The summed E-state index contributed by atoms with van der Waals surface area (Å²) in [5.41, 5.74) is -4.35. The summed E-state index contributed by atoms with van der Waals surface area (Å²) in [6.07, 6.45) is -0.671. The Hall–Kier alpha value is -2.67. The van der Waals surface area contributed by atoms with E-state index >= 15 is 0 Å². The Labute approximate surface area is 227 Å². The molecule has 1 atom stereocenters. The fourth-order valence-electron chi connectivity index (χ4n) is 4.86. The zero-order valence-electron chi connectivity index (χ0n) is 21.3. The molecule has 6 nitrogen and oxygen atoms in total. The van der Waals surface area contributed by atoms with Crippen molar-refractivity contribution in [3.8, 4) is 0 Å². The number of rotatable bonds is 8. The highest BCUT2D eigenvalue weighted by molar-refractivity contribution is 8.00. The van der Waals surface area contributed by atoms with Gasteiger partial charge in [-0.05, 0) is 74.0 Å². The quantitative estimate of drug-likeness (QED) is 0.321. The van der Waals surface area contributed by atoms with Crippen LogP contribution in [-0.4, -0.2) is 78.1 Å². The van der Waals surface area contributed by atoms with E-state index in [-0.39, 0.29) is 28.6 Å². The lowest BCUT2D eigenvalue weighted by Gasteiger charge is -2.36. The van der Waals surface area contributed by atoms with Crippen molar-refractivity contribution >= 4 is 29.2 Å². The Morgan fingerprint density at radius 3 is 2.31 bits per heavy atom. The summed E-state index contributed by atoms with van der Waals surface area (Å²) in [5, 5.41) is 3.33. The first-order valence-corrected chi connectivity index (χ1v) is 13.7. The number of pyridine rings is 1. The van der Waals surface area contributed by atoms with Gasteiger partial charge in [-0.1, -0.05) is 0 Å². The Bertz CT molecular complexity index is 1070. The number of carbonyl (C=O) groups excluding carboxylic acids is 1. The maximum Gasteiger partial charge on any atom is 0.446 e. The van der Waals surface area contributed by atoms with E-state index in [9.17, 15) is 31.1 Å². The van der Waals surface area contributed by atoms with E-state index in [0.29, 0.717) is 44.8 Å². The van der Waals surface area contributed by atoms with E-state index in [1.807, 2.05) is 9.80 Å². The molecule has 1 aromatic carbocycles. The molecule has 0 radical (unpaired) electrons. The number of nitrogens with one attached hydrogen (secondary N) is 1. The van der Waals surface area contributed by atoms with Crippen LogP contribution >= 0.6 is 11.8 Å². The third-order valence-electron chi connectivity index (χ3n) is 6.87. The largest absolute Gasteiger partial charge is 0.446 e. The molecular formula is C26H31F6N5OS. The number of halogens is 6. The second-order valence-corrected chi connectivity index (χ2v) is 10.9. The summed E-state index contributed by atoms with van der Waals surface area (Å²) < 4.78 is 75.8. The zero-order valence-corrected chi connectivity index (χ0v) is 22.1. The van der Waals surface area contributed by atoms with E-state index in [0.717, 1.165) is 50.4 Å². The van der Waals surface area contributed by atoms with Gasteiger partial charge in [-0.15, -0.1) is 0 Å². The van der Waals surface area contributed by atoms with Gasteiger partial charge in [-0.2, -0.15) is 26.3 Å². The maximum absolute atomic E-state index is 12.8. The molecule has 2 aliphatic heterocycles. The summed E-state index contributed by atoms with van der Waals surface area (Å²) >= 11 is -0.146. The predicted octanol–water partition coefficient (Wildman–Crippen LogP) is 5.72. The topological polar surface area (TPSA) is 51.7 Å². The van der Waals surface area contributed by atoms with Crippen LogP contribution in [0.15, 0.2) is 47.5 Å². The normalized spacial score (nSPS) is 19.3. The van der Waals surface area contributed by atoms with Crippen molar-refractivity contribution < 1.29 is 31.1 Å². The SMILES string of the molecule is O=C(CCCN1CCN(c2ccc(C(F)(F)F)cn2)CC1)N1CCC[C@H](Nc2ccc(SC(F)(F)F)cc2)C1. The number of amides is 1. The van der Waals surface area contributed by atoms with Gasteiger partial charge in [0.25, 0.3) is 0 Å². The molecule has 0 saturated carbocycles. The van der Waals surface area contributed by atoms with Crippen molar-refractivity contribution in [2.45, 2.75) is 48.3 Å². The van der Waals surface area contributed by atoms with Crippen LogP contribution in [0.1, 0.15) is 31.2 Å². The fraction of sp³-hybridized carbons (Fsp3) is 0.538. The van der Waals surface area contributed by atoms with E-state index in [1.165, 1.54) is 18.2 Å². The maximum atomic E-state index is 12.8. The number of thioether (sulfide) groups is 1. The van der Waals surface area contributed by atoms with Crippen LogP contribution in [0, 0.1) is 0 Å². The van der Waals surface area contributed by atoms with Crippen molar-refractivity contribution in [1.82, 2.24) is 14.8 Å². The van der Waals surface area contributed by atoms with Gasteiger partial charge in [0.1, 0.15) is 5.82 Å². The second-order valence-electron chi connectivity index (χ2n) is 9.73. The number of carbonyl (C=O) groups is 1. The van der Waals surface area contributed by atoms with E-state index < -0.39 is 17.2 Å². The van der Waals surface area contributed by atoms with E-state index in [1.54, 1.807) is 12.1 Å². The van der Waals surface area contributed by atoms with Gasteiger partial charge >= 0.3 is 11.7 Å². The Balaban J connectivity index is 1.15. The number of alkyl halides is 6. The smallest absolute Gasteiger partial charge is 0.381 e. The van der Waals surface area contributed by atoms with Crippen LogP contribution in [-0.2, 0) is 11.0 Å². The Kier molecular flexibility index (Phi) is 9.52. The molecule has 3 heterocycles. The number of aromatic nitrogens is 1. The molecule has 1 aromatic heterocycles. The number of hydrogen-bond acceptors (Lipinski definition) is 6. The minimum Gasteiger partial charge on any atom is -0.381 e. The first-order valence-electron chi connectivity index (χ1n) is 12.9. The van der Waals surface area contributed by atoms with Crippen LogP contribution < -0.4 is 10.2 Å². The number of anilines is 2. The standard InChI is InChI=1S/C26H31F6N5OS/c27-25(28,29)19-5-10-23(33-17-19)36-15-13-35(14-16-36)11-2-4-24(38)37-12-1-3-21(18-37)34-20-6-8-22(9-7-20)39-26(30,31)32/h5-10,17,21,34H,1-4,11-16,18H2/t21-/m0/s1. The van der Waals surface area contributed by atoms with Gasteiger partial charge in [0.15, 0.2) is 0 Å².